The quantitative estimate of drug-likeness (QED) is 0.368. The molecule has 0 radical (unpaired) electrons. The van der Waals surface area contributed by atoms with Gasteiger partial charge in [0, 0.05) is 16.7 Å². The number of rotatable bonds is 7. The predicted molar refractivity (Wildman–Crippen MR) is 126 cm³/mol. The van der Waals surface area contributed by atoms with Crippen LogP contribution in [0.25, 0.3) is 33.9 Å². The van der Waals surface area contributed by atoms with Gasteiger partial charge in [-0.3, -0.25) is 0 Å². The molecule has 0 fully saturated rings. The number of H-pyrrole nitrogens is 1. The number of methoxy groups -OCH3 is 4. The minimum Gasteiger partial charge on any atom is -0.497 e. The Morgan fingerprint density at radius 3 is 1.88 bits per heavy atom. The molecule has 6 nitrogen and oxygen atoms in total. The van der Waals surface area contributed by atoms with E-state index in [1.54, 1.807) is 28.4 Å². The van der Waals surface area contributed by atoms with Crippen LogP contribution in [-0.4, -0.2) is 38.4 Å². The SMILES string of the molecule is COc1ccc(OC)c(-c2nc(-c3ccccc3Cl)[nH]c2-c2cc(OC)ccc2OC)c1. The lowest BCUT2D eigenvalue weighted by Crippen LogP contribution is -1.94. The van der Waals surface area contributed by atoms with Gasteiger partial charge in [-0.05, 0) is 48.5 Å². The van der Waals surface area contributed by atoms with Crippen LogP contribution in [0.5, 0.6) is 23.0 Å². The molecule has 32 heavy (non-hydrogen) atoms. The first-order valence-electron chi connectivity index (χ1n) is 9.89. The molecule has 1 aromatic heterocycles. The Balaban J connectivity index is 2.03. The summed E-state index contributed by atoms with van der Waals surface area (Å²) in [6.07, 6.45) is 0. The van der Waals surface area contributed by atoms with Gasteiger partial charge in [0.25, 0.3) is 0 Å². The van der Waals surface area contributed by atoms with Crippen LogP contribution >= 0.6 is 11.6 Å². The Morgan fingerprint density at radius 1 is 0.688 bits per heavy atom. The molecule has 0 aliphatic rings. The highest BCUT2D eigenvalue weighted by molar-refractivity contribution is 6.33. The van der Waals surface area contributed by atoms with E-state index in [0.29, 0.717) is 39.5 Å². The molecule has 7 heteroatoms. The normalized spacial score (nSPS) is 10.7. The summed E-state index contributed by atoms with van der Waals surface area (Å²) in [5.41, 5.74) is 3.74. The fraction of sp³-hybridized carbons (Fsp3) is 0.160. The lowest BCUT2D eigenvalue weighted by atomic mass is 10.0. The van der Waals surface area contributed by atoms with Gasteiger partial charge in [0.05, 0.1) is 39.2 Å². The number of aromatic amines is 1. The summed E-state index contributed by atoms with van der Waals surface area (Å²) in [6.45, 7) is 0. The summed E-state index contributed by atoms with van der Waals surface area (Å²) in [7, 11) is 6.50. The summed E-state index contributed by atoms with van der Waals surface area (Å²) in [5.74, 6) is 3.33. The number of imidazole rings is 1. The Hall–Kier alpha value is -3.64. The van der Waals surface area contributed by atoms with E-state index in [2.05, 4.69) is 4.98 Å². The van der Waals surface area contributed by atoms with Crippen molar-refractivity contribution in [1.82, 2.24) is 9.97 Å². The van der Waals surface area contributed by atoms with Crippen molar-refractivity contribution >= 4 is 11.6 Å². The van der Waals surface area contributed by atoms with Crippen LogP contribution in [-0.2, 0) is 0 Å². The van der Waals surface area contributed by atoms with Crippen molar-refractivity contribution in [3.8, 4) is 56.9 Å². The Bertz CT molecular complexity index is 1180. The van der Waals surface area contributed by atoms with Gasteiger partial charge in [-0.25, -0.2) is 4.98 Å². The van der Waals surface area contributed by atoms with Gasteiger partial charge >= 0.3 is 0 Å². The first-order chi connectivity index (χ1) is 15.6. The molecule has 0 atom stereocenters. The first-order valence-corrected chi connectivity index (χ1v) is 10.3. The first kappa shape index (κ1) is 21.6. The summed E-state index contributed by atoms with van der Waals surface area (Å²) in [4.78, 5) is 8.37. The molecule has 0 saturated heterocycles. The van der Waals surface area contributed by atoms with Crippen molar-refractivity contribution in [1.29, 1.82) is 0 Å². The molecule has 4 rings (SSSR count). The van der Waals surface area contributed by atoms with Crippen molar-refractivity contribution < 1.29 is 18.9 Å². The summed E-state index contributed by atoms with van der Waals surface area (Å²) in [5, 5.41) is 0.592. The summed E-state index contributed by atoms with van der Waals surface area (Å²) in [6, 6.07) is 18.7. The van der Waals surface area contributed by atoms with E-state index in [0.717, 1.165) is 22.4 Å². The number of hydrogen-bond acceptors (Lipinski definition) is 5. The maximum absolute atomic E-state index is 6.48. The fourth-order valence-electron chi connectivity index (χ4n) is 3.55. The molecular weight excluding hydrogens is 428 g/mol. The fourth-order valence-corrected chi connectivity index (χ4v) is 3.78. The van der Waals surface area contributed by atoms with Gasteiger partial charge in [-0.1, -0.05) is 23.7 Å². The van der Waals surface area contributed by atoms with Crippen molar-refractivity contribution in [2.75, 3.05) is 28.4 Å². The highest BCUT2D eigenvalue weighted by Gasteiger charge is 2.22. The van der Waals surface area contributed by atoms with Gasteiger partial charge < -0.3 is 23.9 Å². The molecule has 0 spiro atoms. The van der Waals surface area contributed by atoms with E-state index in [-0.39, 0.29) is 0 Å². The Labute approximate surface area is 191 Å². The van der Waals surface area contributed by atoms with Gasteiger partial charge in [0.1, 0.15) is 34.5 Å². The second-order valence-electron chi connectivity index (χ2n) is 6.92. The maximum Gasteiger partial charge on any atom is 0.140 e. The molecule has 0 unspecified atom stereocenters. The van der Waals surface area contributed by atoms with Gasteiger partial charge in [0.15, 0.2) is 0 Å². The zero-order chi connectivity index (χ0) is 22.7. The van der Waals surface area contributed by atoms with Crippen LogP contribution in [0.15, 0.2) is 60.7 Å². The molecular formula is C25H23ClN2O4. The molecule has 0 bridgehead atoms. The van der Waals surface area contributed by atoms with E-state index in [1.807, 2.05) is 60.7 Å². The minimum absolute atomic E-state index is 0.592. The number of nitrogens with one attached hydrogen (secondary N) is 1. The predicted octanol–water partition coefficient (Wildman–Crippen LogP) is 6.10. The van der Waals surface area contributed by atoms with Crippen LogP contribution in [0, 0.1) is 0 Å². The minimum atomic E-state index is 0.592. The molecule has 1 N–H and O–H groups in total. The third-order valence-electron chi connectivity index (χ3n) is 5.17. The number of nitrogens with zero attached hydrogens (tertiary/aromatic N) is 1. The molecule has 0 aliphatic heterocycles. The lowest BCUT2D eigenvalue weighted by molar-refractivity contribution is 0.404. The molecule has 0 saturated carbocycles. The zero-order valence-electron chi connectivity index (χ0n) is 18.2. The third kappa shape index (κ3) is 3.97. The van der Waals surface area contributed by atoms with E-state index < -0.39 is 0 Å². The highest BCUT2D eigenvalue weighted by atomic mass is 35.5. The van der Waals surface area contributed by atoms with Crippen molar-refractivity contribution in [3.63, 3.8) is 0 Å². The number of aromatic nitrogens is 2. The second-order valence-corrected chi connectivity index (χ2v) is 7.33. The average molecular weight is 451 g/mol. The van der Waals surface area contributed by atoms with Crippen LogP contribution in [0.4, 0.5) is 0 Å². The third-order valence-corrected chi connectivity index (χ3v) is 5.50. The molecule has 3 aromatic carbocycles. The standard InChI is InChI=1S/C25H23ClN2O4/c1-29-15-9-11-21(31-3)18(13-15)23-24(19-14-16(30-2)10-12-22(19)32-4)28-25(27-23)17-7-5-6-8-20(17)26/h5-14H,1-4H3,(H,27,28). The summed E-state index contributed by atoms with van der Waals surface area (Å²) >= 11 is 6.48. The Morgan fingerprint density at radius 2 is 1.28 bits per heavy atom. The average Bonchev–Trinajstić information content (AvgIpc) is 3.28. The van der Waals surface area contributed by atoms with Crippen molar-refractivity contribution in [3.05, 3.63) is 65.7 Å². The molecule has 1 heterocycles. The zero-order valence-corrected chi connectivity index (χ0v) is 19.0. The topological polar surface area (TPSA) is 65.6 Å². The number of ether oxygens (including phenoxy) is 4. The number of hydrogen-bond donors (Lipinski definition) is 1. The van der Waals surface area contributed by atoms with Crippen LogP contribution in [0.1, 0.15) is 0 Å². The van der Waals surface area contributed by atoms with E-state index in [1.165, 1.54) is 0 Å². The smallest absolute Gasteiger partial charge is 0.140 e. The molecule has 0 amide bonds. The number of benzene rings is 3. The number of halogens is 1. The van der Waals surface area contributed by atoms with Gasteiger partial charge in [0.2, 0.25) is 0 Å². The molecule has 4 aromatic rings. The van der Waals surface area contributed by atoms with E-state index in [4.69, 9.17) is 35.5 Å². The summed E-state index contributed by atoms with van der Waals surface area (Å²) < 4.78 is 22.2. The maximum atomic E-state index is 6.48. The van der Waals surface area contributed by atoms with Crippen LogP contribution in [0.3, 0.4) is 0 Å². The van der Waals surface area contributed by atoms with Crippen LogP contribution in [0.2, 0.25) is 5.02 Å². The second kappa shape index (κ2) is 9.24. The van der Waals surface area contributed by atoms with Gasteiger partial charge in [-0.2, -0.15) is 0 Å². The van der Waals surface area contributed by atoms with Gasteiger partial charge in [-0.15, -0.1) is 0 Å². The van der Waals surface area contributed by atoms with Crippen LogP contribution < -0.4 is 18.9 Å². The van der Waals surface area contributed by atoms with Crippen molar-refractivity contribution in [2.45, 2.75) is 0 Å². The Kier molecular flexibility index (Phi) is 6.23. The lowest BCUT2D eigenvalue weighted by Gasteiger charge is -2.13. The molecule has 164 valence electrons. The van der Waals surface area contributed by atoms with E-state index in [9.17, 15) is 0 Å². The monoisotopic (exact) mass is 450 g/mol. The van der Waals surface area contributed by atoms with Crippen molar-refractivity contribution in [2.24, 2.45) is 0 Å². The largest absolute Gasteiger partial charge is 0.497 e. The van der Waals surface area contributed by atoms with E-state index >= 15 is 0 Å². The highest BCUT2D eigenvalue weighted by Crippen LogP contribution is 2.43. The molecule has 0 aliphatic carbocycles.